The Bertz CT molecular complexity index is 968. The third-order valence-electron chi connectivity index (χ3n) is 4.75. The molecule has 0 N–H and O–H groups in total. The molecule has 1 aromatic heterocycles. The van der Waals surface area contributed by atoms with Gasteiger partial charge in [-0.05, 0) is 44.4 Å². The van der Waals surface area contributed by atoms with Gasteiger partial charge in [-0.1, -0.05) is 42.5 Å². The number of carbonyl (C=O) groups excluding carboxylic acids is 1. The number of benzene rings is 2. The number of likely N-dealkylation sites (tertiary alicyclic amines) is 1. The van der Waals surface area contributed by atoms with Crippen molar-refractivity contribution in [1.82, 2.24) is 9.88 Å². The van der Waals surface area contributed by atoms with E-state index in [9.17, 15) is 4.79 Å². The topological polar surface area (TPSA) is 42.4 Å². The Hall–Kier alpha value is -2.40. The molecule has 1 atom stereocenters. The second kappa shape index (κ2) is 6.97. The molecule has 2 heterocycles. The number of aromatic nitrogens is 1. The van der Waals surface area contributed by atoms with Crippen molar-refractivity contribution >= 4 is 28.2 Å². The maximum absolute atomic E-state index is 12.6. The number of thiazole rings is 1. The van der Waals surface area contributed by atoms with E-state index >= 15 is 0 Å². The van der Waals surface area contributed by atoms with Crippen molar-refractivity contribution in [3.63, 3.8) is 0 Å². The molecule has 4 nitrogen and oxygen atoms in total. The van der Waals surface area contributed by atoms with Crippen LogP contribution in [0, 0.1) is 0 Å². The minimum absolute atomic E-state index is 0.00794. The number of ether oxygens (including phenoxy) is 1. The maximum atomic E-state index is 12.6. The van der Waals surface area contributed by atoms with Crippen molar-refractivity contribution in [2.24, 2.45) is 0 Å². The zero-order valence-corrected chi connectivity index (χ0v) is 16.8. The molecule has 0 saturated carbocycles. The molecule has 27 heavy (non-hydrogen) atoms. The van der Waals surface area contributed by atoms with Crippen molar-refractivity contribution in [3.05, 3.63) is 52.9 Å². The van der Waals surface area contributed by atoms with E-state index in [2.05, 4.69) is 47.8 Å². The van der Waals surface area contributed by atoms with E-state index in [1.54, 1.807) is 11.3 Å². The maximum Gasteiger partial charge on any atom is 0.410 e. The summed E-state index contributed by atoms with van der Waals surface area (Å²) in [5, 5.41) is 5.50. The van der Waals surface area contributed by atoms with E-state index < -0.39 is 5.60 Å². The highest BCUT2D eigenvalue weighted by molar-refractivity contribution is 7.10. The van der Waals surface area contributed by atoms with Crippen LogP contribution in [0.2, 0.25) is 0 Å². The van der Waals surface area contributed by atoms with E-state index in [1.807, 2.05) is 25.7 Å². The molecule has 1 aliphatic rings. The molecule has 140 valence electrons. The minimum Gasteiger partial charge on any atom is -0.444 e. The minimum atomic E-state index is -0.485. The molecule has 1 saturated heterocycles. The first kappa shape index (κ1) is 18.0. The van der Waals surface area contributed by atoms with Crippen LogP contribution in [0.3, 0.4) is 0 Å². The SMILES string of the molecule is CC(C)(C)OC(=O)N1CCCC1c1nc(-c2cccc3ccccc23)cs1. The summed E-state index contributed by atoms with van der Waals surface area (Å²) in [5.41, 5.74) is 1.63. The van der Waals surface area contributed by atoms with Crippen molar-refractivity contribution in [3.8, 4) is 11.3 Å². The lowest BCUT2D eigenvalue weighted by Gasteiger charge is -2.27. The Kier molecular flexibility index (Phi) is 4.64. The van der Waals surface area contributed by atoms with Crippen LogP contribution in [0.5, 0.6) is 0 Å². The first-order valence-corrected chi connectivity index (χ1v) is 10.2. The van der Waals surface area contributed by atoms with Crippen LogP contribution in [-0.2, 0) is 4.74 Å². The van der Waals surface area contributed by atoms with Gasteiger partial charge in [0.1, 0.15) is 10.6 Å². The number of hydrogen-bond donors (Lipinski definition) is 0. The van der Waals surface area contributed by atoms with Crippen LogP contribution >= 0.6 is 11.3 Å². The van der Waals surface area contributed by atoms with Gasteiger partial charge in [-0.3, -0.25) is 4.90 Å². The monoisotopic (exact) mass is 380 g/mol. The average molecular weight is 381 g/mol. The molecule has 2 aromatic carbocycles. The molecule has 1 fully saturated rings. The summed E-state index contributed by atoms with van der Waals surface area (Å²) in [6.07, 6.45) is 1.67. The fourth-order valence-electron chi connectivity index (χ4n) is 3.58. The summed E-state index contributed by atoms with van der Waals surface area (Å²) < 4.78 is 5.59. The highest BCUT2D eigenvalue weighted by Gasteiger charge is 2.34. The van der Waals surface area contributed by atoms with Gasteiger partial charge < -0.3 is 4.74 Å². The van der Waals surface area contributed by atoms with E-state index in [0.29, 0.717) is 0 Å². The Morgan fingerprint density at radius 2 is 1.96 bits per heavy atom. The largest absolute Gasteiger partial charge is 0.444 e. The smallest absolute Gasteiger partial charge is 0.410 e. The summed E-state index contributed by atoms with van der Waals surface area (Å²) in [4.78, 5) is 19.3. The Morgan fingerprint density at radius 1 is 1.19 bits per heavy atom. The number of nitrogens with zero attached hydrogens (tertiary/aromatic N) is 2. The lowest BCUT2D eigenvalue weighted by molar-refractivity contribution is 0.0224. The fraction of sp³-hybridized carbons (Fsp3) is 0.364. The quantitative estimate of drug-likeness (QED) is 0.545. The van der Waals surface area contributed by atoms with Crippen molar-refractivity contribution in [2.45, 2.75) is 45.3 Å². The molecule has 0 radical (unpaired) electrons. The number of hydrogen-bond acceptors (Lipinski definition) is 4. The zero-order chi connectivity index (χ0) is 19.0. The van der Waals surface area contributed by atoms with Gasteiger partial charge in [0.05, 0.1) is 11.7 Å². The number of rotatable bonds is 2. The standard InChI is InChI=1S/C22H24N2O2S/c1-22(2,3)26-21(25)24-13-7-12-19(24)20-23-18(14-27-20)17-11-6-9-15-8-4-5-10-16(15)17/h4-6,8-11,14,19H,7,12-13H2,1-3H3. The van der Waals surface area contributed by atoms with E-state index in [4.69, 9.17) is 9.72 Å². The number of fused-ring (bicyclic) bond motifs is 1. The van der Waals surface area contributed by atoms with E-state index in [1.165, 1.54) is 10.8 Å². The van der Waals surface area contributed by atoms with Gasteiger partial charge in [0, 0.05) is 17.5 Å². The normalized spacial score (nSPS) is 17.4. The van der Waals surface area contributed by atoms with Gasteiger partial charge in [0.15, 0.2) is 0 Å². The molecular formula is C22H24N2O2S. The molecule has 0 aliphatic carbocycles. The molecule has 4 rings (SSSR count). The van der Waals surface area contributed by atoms with Gasteiger partial charge in [0.2, 0.25) is 0 Å². The summed E-state index contributed by atoms with van der Waals surface area (Å²) in [6.45, 7) is 6.43. The van der Waals surface area contributed by atoms with Crippen molar-refractivity contribution < 1.29 is 9.53 Å². The molecule has 5 heteroatoms. The van der Waals surface area contributed by atoms with E-state index in [-0.39, 0.29) is 12.1 Å². The molecule has 1 unspecified atom stereocenters. The van der Waals surface area contributed by atoms with Crippen LogP contribution in [0.1, 0.15) is 44.7 Å². The second-order valence-electron chi connectivity index (χ2n) is 7.93. The van der Waals surface area contributed by atoms with Crippen LogP contribution in [0.25, 0.3) is 22.0 Å². The first-order valence-electron chi connectivity index (χ1n) is 9.35. The summed E-state index contributed by atoms with van der Waals surface area (Å²) >= 11 is 1.63. The Morgan fingerprint density at radius 3 is 2.78 bits per heavy atom. The van der Waals surface area contributed by atoms with Gasteiger partial charge in [-0.25, -0.2) is 9.78 Å². The second-order valence-corrected chi connectivity index (χ2v) is 8.82. The molecule has 0 spiro atoms. The van der Waals surface area contributed by atoms with Crippen LogP contribution < -0.4 is 0 Å². The Balaban J connectivity index is 1.63. The number of amides is 1. The molecule has 3 aromatic rings. The highest BCUT2D eigenvalue weighted by atomic mass is 32.1. The van der Waals surface area contributed by atoms with Gasteiger partial charge in [-0.15, -0.1) is 11.3 Å². The third kappa shape index (κ3) is 3.69. The Labute approximate surface area is 163 Å². The lowest BCUT2D eigenvalue weighted by atomic mass is 10.0. The van der Waals surface area contributed by atoms with Gasteiger partial charge >= 0.3 is 6.09 Å². The third-order valence-corrected chi connectivity index (χ3v) is 5.70. The molecule has 1 amide bonds. The predicted molar refractivity (Wildman–Crippen MR) is 110 cm³/mol. The predicted octanol–water partition coefficient (Wildman–Crippen LogP) is 6.04. The zero-order valence-electron chi connectivity index (χ0n) is 15.9. The van der Waals surface area contributed by atoms with Gasteiger partial charge in [0.25, 0.3) is 0 Å². The molecular weight excluding hydrogens is 356 g/mol. The number of carbonyl (C=O) groups is 1. The fourth-order valence-corrected chi connectivity index (χ4v) is 4.54. The van der Waals surface area contributed by atoms with Gasteiger partial charge in [-0.2, -0.15) is 0 Å². The summed E-state index contributed by atoms with van der Waals surface area (Å²) in [6, 6.07) is 14.7. The summed E-state index contributed by atoms with van der Waals surface area (Å²) in [7, 11) is 0. The molecule has 0 bridgehead atoms. The van der Waals surface area contributed by atoms with Crippen LogP contribution in [-0.4, -0.2) is 28.1 Å². The highest BCUT2D eigenvalue weighted by Crippen LogP contribution is 2.37. The molecule has 1 aliphatic heterocycles. The average Bonchev–Trinajstić information content (AvgIpc) is 3.29. The first-order chi connectivity index (χ1) is 12.9. The van der Waals surface area contributed by atoms with E-state index in [0.717, 1.165) is 35.7 Å². The van der Waals surface area contributed by atoms with Crippen LogP contribution in [0.15, 0.2) is 47.8 Å². The summed E-state index contributed by atoms with van der Waals surface area (Å²) in [5.74, 6) is 0. The van der Waals surface area contributed by atoms with Crippen molar-refractivity contribution in [1.29, 1.82) is 0 Å². The van der Waals surface area contributed by atoms with Crippen LogP contribution in [0.4, 0.5) is 4.79 Å². The lowest BCUT2D eigenvalue weighted by Crippen LogP contribution is -2.36. The van der Waals surface area contributed by atoms with Crippen molar-refractivity contribution in [2.75, 3.05) is 6.54 Å².